The van der Waals surface area contributed by atoms with Gasteiger partial charge in [-0.3, -0.25) is 4.79 Å². The summed E-state index contributed by atoms with van der Waals surface area (Å²) in [4.78, 5) is 27.6. The minimum absolute atomic E-state index is 0.0867. The zero-order valence-electron chi connectivity index (χ0n) is 16.9. The first-order chi connectivity index (χ1) is 14.1. The zero-order chi connectivity index (χ0) is 21.1. The van der Waals surface area contributed by atoms with E-state index in [2.05, 4.69) is 22.0 Å². The van der Waals surface area contributed by atoms with Gasteiger partial charge in [0.05, 0.1) is 26.4 Å². The fourth-order valence-corrected chi connectivity index (χ4v) is 2.46. The summed E-state index contributed by atoms with van der Waals surface area (Å²) in [5.74, 6) is 0.423. The Hall–Kier alpha value is -3.29. The average molecular weight is 402 g/mol. The van der Waals surface area contributed by atoms with Crippen molar-refractivity contribution in [1.82, 2.24) is 4.98 Å². The lowest BCUT2D eigenvalue weighted by Gasteiger charge is -2.10. The quantitative estimate of drug-likeness (QED) is 0.463. The molecule has 0 bridgehead atoms. The van der Waals surface area contributed by atoms with Gasteiger partial charge in [-0.1, -0.05) is 26.2 Å². The van der Waals surface area contributed by atoms with Gasteiger partial charge in [0.2, 0.25) is 0 Å². The number of aromatic nitrogens is 1. The fraction of sp³-hybridized carbons (Fsp3) is 0.381. The highest BCUT2D eigenvalue weighted by Gasteiger charge is 2.16. The Morgan fingerprint density at radius 1 is 1.07 bits per heavy atom. The van der Waals surface area contributed by atoms with Crippen molar-refractivity contribution in [2.24, 2.45) is 0 Å². The van der Waals surface area contributed by atoms with Gasteiger partial charge in [-0.15, -0.1) is 0 Å². The molecule has 0 fully saturated rings. The first-order valence-corrected chi connectivity index (χ1v) is 9.41. The molecule has 8 nitrogen and oxygen atoms in total. The number of anilines is 1. The molecule has 1 N–H and O–H groups in total. The van der Waals surface area contributed by atoms with Gasteiger partial charge in [-0.05, 0) is 30.7 Å². The molecule has 156 valence electrons. The Morgan fingerprint density at radius 3 is 2.48 bits per heavy atom. The van der Waals surface area contributed by atoms with Crippen molar-refractivity contribution in [1.29, 1.82) is 0 Å². The molecule has 2 rings (SSSR count). The van der Waals surface area contributed by atoms with E-state index in [0.29, 0.717) is 12.3 Å². The van der Waals surface area contributed by atoms with E-state index in [1.807, 2.05) is 12.1 Å². The number of rotatable bonds is 10. The van der Waals surface area contributed by atoms with E-state index in [0.717, 1.165) is 18.6 Å². The number of ether oxygens (including phenoxy) is 4. The van der Waals surface area contributed by atoms with Crippen molar-refractivity contribution in [3.05, 3.63) is 42.1 Å². The maximum atomic E-state index is 12.5. The molecule has 1 aromatic carbocycles. The number of pyridine rings is 1. The third-order valence-corrected chi connectivity index (χ3v) is 4.03. The van der Waals surface area contributed by atoms with E-state index in [-0.39, 0.29) is 23.1 Å². The summed E-state index contributed by atoms with van der Waals surface area (Å²) in [5.41, 5.74) is 0.859. The smallest absolute Gasteiger partial charge is 0.494 e. The van der Waals surface area contributed by atoms with Gasteiger partial charge >= 0.3 is 6.16 Å². The Balaban J connectivity index is 1.94. The van der Waals surface area contributed by atoms with Crippen LogP contribution in [0.5, 0.6) is 17.4 Å². The van der Waals surface area contributed by atoms with Gasteiger partial charge in [0, 0.05) is 18.0 Å². The second-order valence-electron chi connectivity index (χ2n) is 6.18. The van der Waals surface area contributed by atoms with Crippen molar-refractivity contribution in [2.45, 2.75) is 32.6 Å². The second-order valence-corrected chi connectivity index (χ2v) is 6.18. The van der Waals surface area contributed by atoms with Crippen molar-refractivity contribution >= 4 is 17.7 Å². The highest BCUT2D eigenvalue weighted by atomic mass is 16.7. The molecule has 0 atom stereocenters. The van der Waals surface area contributed by atoms with Crippen LogP contribution in [0, 0.1) is 0 Å². The van der Waals surface area contributed by atoms with Crippen LogP contribution in [0.2, 0.25) is 0 Å². The van der Waals surface area contributed by atoms with Crippen molar-refractivity contribution in [3.8, 4) is 17.4 Å². The van der Waals surface area contributed by atoms with Crippen LogP contribution in [0.15, 0.2) is 36.5 Å². The molecule has 0 unspecified atom stereocenters. The summed E-state index contributed by atoms with van der Waals surface area (Å²) in [6, 6.07) is 8.56. The molecule has 0 spiro atoms. The lowest BCUT2D eigenvalue weighted by Crippen LogP contribution is -2.14. The molecule has 0 radical (unpaired) electrons. The van der Waals surface area contributed by atoms with Gasteiger partial charge in [-0.25, -0.2) is 9.78 Å². The molecular formula is C21H26N2O6. The minimum atomic E-state index is -0.930. The molecule has 8 heteroatoms. The number of carbonyl (C=O) groups is 2. The van der Waals surface area contributed by atoms with Crippen LogP contribution >= 0.6 is 0 Å². The Bertz CT molecular complexity index is 807. The third kappa shape index (κ3) is 6.99. The number of carbonyl (C=O) groups excluding carboxylic acids is 2. The number of nitrogens with one attached hydrogen (secondary N) is 1. The summed E-state index contributed by atoms with van der Waals surface area (Å²) in [6.07, 6.45) is 4.94. The number of nitrogens with zero attached hydrogens (tertiary/aromatic N) is 1. The molecule has 2 aromatic rings. The predicted octanol–water partition coefficient (Wildman–Crippen LogP) is 4.45. The molecule has 0 aliphatic heterocycles. The predicted molar refractivity (Wildman–Crippen MR) is 108 cm³/mol. The van der Waals surface area contributed by atoms with E-state index in [1.165, 1.54) is 39.3 Å². The van der Waals surface area contributed by atoms with E-state index < -0.39 is 6.16 Å². The number of hydrogen-bond donors (Lipinski definition) is 1. The van der Waals surface area contributed by atoms with E-state index in [4.69, 9.17) is 14.2 Å². The van der Waals surface area contributed by atoms with Crippen molar-refractivity contribution in [2.75, 3.05) is 26.1 Å². The highest BCUT2D eigenvalue weighted by molar-refractivity contribution is 6.04. The van der Waals surface area contributed by atoms with E-state index >= 15 is 0 Å². The molecule has 1 amide bonds. The summed E-state index contributed by atoms with van der Waals surface area (Å²) < 4.78 is 20.1. The normalized spacial score (nSPS) is 10.2. The SMILES string of the molecule is CCCCCCOc1ccc(NC(=O)c2cnc(OC(=O)OC)c(OC)c2)cc1. The summed E-state index contributed by atoms with van der Waals surface area (Å²) in [6.45, 7) is 2.85. The first kappa shape index (κ1) is 22.0. The molecule has 1 aromatic heterocycles. The van der Waals surface area contributed by atoms with E-state index in [9.17, 15) is 9.59 Å². The molecule has 0 aliphatic carbocycles. The van der Waals surface area contributed by atoms with E-state index in [1.54, 1.807) is 12.1 Å². The molecular weight excluding hydrogens is 376 g/mol. The second kappa shape index (κ2) is 11.5. The van der Waals surface area contributed by atoms with Crippen LogP contribution in [-0.2, 0) is 4.74 Å². The standard InChI is InChI=1S/C21H26N2O6/c1-4-5-6-7-12-28-17-10-8-16(9-11-17)23-19(24)15-13-18(26-2)20(22-14-15)29-21(25)27-3/h8-11,13-14H,4-7,12H2,1-3H3,(H,23,24). The van der Waals surface area contributed by atoms with Crippen LogP contribution in [-0.4, -0.2) is 37.9 Å². The van der Waals surface area contributed by atoms with Crippen LogP contribution in [0.3, 0.4) is 0 Å². The molecule has 1 heterocycles. The number of amides is 1. The Labute approximate surface area is 170 Å². The topological polar surface area (TPSA) is 96.0 Å². The maximum absolute atomic E-state index is 12.5. The van der Waals surface area contributed by atoms with Gasteiger partial charge in [0.1, 0.15) is 5.75 Å². The first-order valence-electron chi connectivity index (χ1n) is 9.41. The molecule has 0 saturated heterocycles. The zero-order valence-corrected chi connectivity index (χ0v) is 16.9. The molecule has 29 heavy (non-hydrogen) atoms. The lowest BCUT2D eigenvalue weighted by atomic mass is 10.2. The number of benzene rings is 1. The lowest BCUT2D eigenvalue weighted by molar-refractivity contribution is 0.102. The van der Waals surface area contributed by atoms with Crippen molar-refractivity contribution < 1.29 is 28.5 Å². The number of hydrogen-bond acceptors (Lipinski definition) is 7. The third-order valence-electron chi connectivity index (χ3n) is 4.03. The Morgan fingerprint density at radius 2 is 1.83 bits per heavy atom. The monoisotopic (exact) mass is 402 g/mol. The van der Waals surface area contributed by atoms with Crippen LogP contribution in [0.25, 0.3) is 0 Å². The Kier molecular flexibility index (Phi) is 8.75. The summed E-state index contributed by atoms with van der Waals surface area (Å²) >= 11 is 0. The molecule has 0 aliphatic rings. The average Bonchev–Trinajstić information content (AvgIpc) is 2.74. The minimum Gasteiger partial charge on any atom is -0.494 e. The van der Waals surface area contributed by atoms with Gasteiger partial charge in [0.25, 0.3) is 11.8 Å². The number of methoxy groups -OCH3 is 2. The van der Waals surface area contributed by atoms with Crippen molar-refractivity contribution in [3.63, 3.8) is 0 Å². The van der Waals surface area contributed by atoms with Gasteiger partial charge < -0.3 is 24.3 Å². The summed E-state index contributed by atoms with van der Waals surface area (Å²) in [7, 11) is 2.56. The largest absolute Gasteiger partial charge is 0.515 e. The van der Waals surface area contributed by atoms with Crippen LogP contribution in [0.4, 0.5) is 10.5 Å². The van der Waals surface area contributed by atoms with Gasteiger partial charge in [0.15, 0.2) is 5.75 Å². The fourth-order valence-electron chi connectivity index (χ4n) is 2.46. The summed E-state index contributed by atoms with van der Waals surface area (Å²) in [5, 5.41) is 2.77. The maximum Gasteiger partial charge on any atom is 0.515 e. The molecule has 0 saturated carbocycles. The van der Waals surface area contributed by atoms with Crippen LogP contribution in [0.1, 0.15) is 43.0 Å². The number of unbranched alkanes of at least 4 members (excludes halogenated alkanes) is 3. The van der Waals surface area contributed by atoms with Gasteiger partial charge in [-0.2, -0.15) is 0 Å². The van der Waals surface area contributed by atoms with Crippen LogP contribution < -0.4 is 19.5 Å². The highest BCUT2D eigenvalue weighted by Crippen LogP contribution is 2.26.